The molecule has 1 N–H and O–H groups in total. The lowest BCUT2D eigenvalue weighted by Gasteiger charge is -2.07. The Morgan fingerprint density at radius 2 is 1.84 bits per heavy atom. The van der Waals surface area contributed by atoms with Crippen molar-refractivity contribution in [2.75, 3.05) is 17.6 Å². The standard InChI is InChI=1S/C14H12Cl2FNS/c15-11-6-5-10(9-12(11)16)19-8-7-18-14-4-2-1-3-13(14)17/h1-6,9,18H,7-8H2. The molecule has 0 amide bonds. The maximum absolute atomic E-state index is 13.3. The van der Waals surface area contributed by atoms with Crippen LogP contribution in [0.4, 0.5) is 10.1 Å². The lowest BCUT2D eigenvalue weighted by Crippen LogP contribution is -2.05. The van der Waals surface area contributed by atoms with Gasteiger partial charge in [0.2, 0.25) is 0 Å². The summed E-state index contributed by atoms with van der Waals surface area (Å²) in [6, 6.07) is 12.2. The first kappa shape index (κ1) is 14.5. The Kier molecular flexibility index (Phi) is 5.37. The maximum atomic E-state index is 13.3. The van der Waals surface area contributed by atoms with E-state index in [0.29, 0.717) is 22.3 Å². The van der Waals surface area contributed by atoms with Crippen LogP contribution in [0.25, 0.3) is 0 Å². The largest absolute Gasteiger partial charge is 0.382 e. The van der Waals surface area contributed by atoms with Crippen molar-refractivity contribution < 1.29 is 4.39 Å². The number of hydrogen-bond acceptors (Lipinski definition) is 2. The summed E-state index contributed by atoms with van der Waals surface area (Å²) in [5.41, 5.74) is 0.525. The minimum Gasteiger partial charge on any atom is -0.382 e. The number of hydrogen-bond donors (Lipinski definition) is 1. The topological polar surface area (TPSA) is 12.0 Å². The van der Waals surface area contributed by atoms with E-state index in [4.69, 9.17) is 23.2 Å². The fourth-order valence-corrected chi connectivity index (χ4v) is 2.69. The van der Waals surface area contributed by atoms with Gasteiger partial charge in [0.15, 0.2) is 0 Å². The summed E-state index contributed by atoms with van der Waals surface area (Å²) in [6.07, 6.45) is 0. The Hall–Kier alpha value is -0.900. The summed E-state index contributed by atoms with van der Waals surface area (Å²) in [6.45, 7) is 0.672. The van der Waals surface area contributed by atoms with Crippen LogP contribution in [-0.4, -0.2) is 12.3 Å². The predicted molar refractivity (Wildman–Crippen MR) is 82.1 cm³/mol. The highest BCUT2D eigenvalue weighted by Crippen LogP contribution is 2.27. The lowest BCUT2D eigenvalue weighted by atomic mass is 10.3. The summed E-state index contributed by atoms with van der Waals surface area (Å²) in [5, 5.41) is 4.16. The molecular formula is C14H12Cl2FNS. The molecule has 0 aliphatic carbocycles. The fraction of sp³-hybridized carbons (Fsp3) is 0.143. The van der Waals surface area contributed by atoms with Crippen LogP contribution in [0.15, 0.2) is 47.4 Å². The number of anilines is 1. The molecule has 1 nitrogen and oxygen atoms in total. The Labute approximate surface area is 126 Å². The van der Waals surface area contributed by atoms with Crippen molar-refractivity contribution in [2.24, 2.45) is 0 Å². The molecule has 0 radical (unpaired) electrons. The second-order valence-corrected chi connectivity index (χ2v) is 5.81. The average molecular weight is 316 g/mol. The third-order valence-corrected chi connectivity index (χ3v) is 4.19. The minimum atomic E-state index is -0.234. The van der Waals surface area contributed by atoms with Crippen LogP contribution >= 0.6 is 35.0 Å². The minimum absolute atomic E-state index is 0.234. The Balaban J connectivity index is 1.81. The second kappa shape index (κ2) is 7.04. The van der Waals surface area contributed by atoms with Gasteiger partial charge in [0.1, 0.15) is 5.82 Å². The lowest BCUT2D eigenvalue weighted by molar-refractivity contribution is 0.630. The van der Waals surface area contributed by atoms with Crippen LogP contribution in [0.2, 0.25) is 10.0 Å². The molecule has 5 heteroatoms. The molecule has 0 saturated heterocycles. The molecule has 0 aliphatic heterocycles. The summed E-state index contributed by atoms with van der Waals surface area (Å²) < 4.78 is 13.3. The molecule has 0 heterocycles. The van der Waals surface area contributed by atoms with E-state index in [0.717, 1.165) is 10.6 Å². The van der Waals surface area contributed by atoms with Crippen LogP contribution in [0.3, 0.4) is 0 Å². The van der Waals surface area contributed by atoms with Crippen LogP contribution in [0.1, 0.15) is 0 Å². The van der Waals surface area contributed by atoms with E-state index >= 15 is 0 Å². The van der Waals surface area contributed by atoms with Crippen LogP contribution < -0.4 is 5.32 Å². The van der Waals surface area contributed by atoms with E-state index < -0.39 is 0 Å². The van der Waals surface area contributed by atoms with E-state index in [9.17, 15) is 4.39 Å². The second-order valence-electron chi connectivity index (χ2n) is 3.83. The average Bonchev–Trinajstić information content (AvgIpc) is 2.40. The number of rotatable bonds is 5. The van der Waals surface area contributed by atoms with Crippen molar-refractivity contribution in [1.29, 1.82) is 0 Å². The first-order valence-electron chi connectivity index (χ1n) is 5.73. The van der Waals surface area contributed by atoms with Crippen molar-refractivity contribution in [2.45, 2.75) is 4.90 Å². The molecule has 19 heavy (non-hydrogen) atoms. The van der Waals surface area contributed by atoms with Gasteiger partial charge in [-0.15, -0.1) is 11.8 Å². The summed E-state index contributed by atoms with van der Waals surface area (Å²) in [5.74, 6) is 0.578. The van der Waals surface area contributed by atoms with Crippen LogP contribution in [0.5, 0.6) is 0 Å². The first-order valence-corrected chi connectivity index (χ1v) is 7.47. The number of thioether (sulfide) groups is 1. The molecule has 0 spiro atoms. The zero-order valence-electron chi connectivity index (χ0n) is 10.00. The third kappa shape index (κ3) is 4.30. The van der Waals surface area contributed by atoms with Crippen molar-refractivity contribution >= 4 is 40.7 Å². The molecule has 2 rings (SSSR count). The highest BCUT2D eigenvalue weighted by molar-refractivity contribution is 7.99. The SMILES string of the molecule is Fc1ccccc1NCCSc1ccc(Cl)c(Cl)c1. The molecule has 0 bridgehead atoms. The van der Waals surface area contributed by atoms with Gasteiger partial charge in [-0.1, -0.05) is 35.3 Å². The van der Waals surface area contributed by atoms with Crippen molar-refractivity contribution in [3.8, 4) is 0 Å². The van der Waals surface area contributed by atoms with Gasteiger partial charge in [0.05, 0.1) is 15.7 Å². The van der Waals surface area contributed by atoms with Gasteiger partial charge in [-0.3, -0.25) is 0 Å². The van der Waals surface area contributed by atoms with E-state index in [1.54, 1.807) is 36.0 Å². The molecule has 2 aromatic rings. The molecule has 2 aromatic carbocycles. The molecule has 0 saturated carbocycles. The number of benzene rings is 2. The van der Waals surface area contributed by atoms with E-state index in [1.807, 2.05) is 12.1 Å². The Bertz CT molecular complexity index is 563. The molecule has 0 fully saturated rings. The van der Waals surface area contributed by atoms with E-state index in [1.165, 1.54) is 6.07 Å². The molecule has 0 unspecified atom stereocenters. The summed E-state index contributed by atoms with van der Waals surface area (Å²) in [7, 11) is 0. The molecule has 0 aliphatic rings. The Morgan fingerprint density at radius 3 is 2.58 bits per heavy atom. The van der Waals surface area contributed by atoms with Gasteiger partial charge >= 0.3 is 0 Å². The van der Waals surface area contributed by atoms with E-state index in [-0.39, 0.29) is 5.82 Å². The third-order valence-electron chi connectivity index (χ3n) is 2.45. The van der Waals surface area contributed by atoms with Crippen molar-refractivity contribution in [1.82, 2.24) is 0 Å². The van der Waals surface area contributed by atoms with E-state index in [2.05, 4.69) is 5.32 Å². The Morgan fingerprint density at radius 1 is 1.05 bits per heavy atom. The molecular weight excluding hydrogens is 304 g/mol. The van der Waals surface area contributed by atoms with Crippen LogP contribution in [-0.2, 0) is 0 Å². The zero-order chi connectivity index (χ0) is 13.7. The number of para-hydroxylation sites is 1. The molecule has 100 valence electrons. The van der Waals surface area contributed by atoms with Gasteiger partial charge in [-0.05, 0) is 30.3 Å². The highest BCUT2D eigenvalue weighted by Gasteiger charge is 2.01. The highest BCUT2D eigenvalue weighted by atomic mass is 35.5. The maximum Gasteiger partial charge on any atom is 0.146 e. The quantitative estimate of drug-likeness (QED) is 0.590. The van der Waals surface area contributed by atoms with Gasteiger partial charge in [0, 0.05) is 17.2 Å². The van der Waals surface area contributed by atoms with Crippen molar-refractivity contribution in [3.05, 3.63) is 58.3 Å². The van der Waals surface area contributed by atoms with Gasteiger partial charge in [-0.2, -0.15) is 0 Å². The van der Waals surface area contributed by atoms with Gasteiger partial charge < -0.3 is 5.32 Å². The summed E-state index contributed by atoms with van der Waals surface area (Å²) >= 11 is 13.4. The number of halogens is 3. The molecule has 0 aromatic heterocycles. The van der Waals surface area contributed by atoms with Crippen molar-refractivity contribution in [3.63, 3.8) is 0 Å². The smallest absolute Gasteiger partial charge is 0.146 e. The monoisotopic (exact) mass is 315 g/mol. The normalized spacial score (nSPS) is 10.5. The van der Waals surface area contributed by atoms with Gasteiger partial charge in [0.25, 0.3) is 0 Å². The van der Waals surface area contributed by atoms with Gasteiger partial charge in [-0.25, -0.2) is 4.39 Å². The molecule has 0 atom stereocenters. The zero-order valence-corrected chi connectivity index (χ0v) is 12.3. The summed E-state index contributed by atoms with van der Waals surface area (Å²) in [4.78, 5) is 1.05. The van der Waals surface area contributed by atoms with Crippen LogP contribution in [0, 0.1) is 5.82 Å². The number of nitrogens with one attached hydrogen (secondary N) is 1. The first-order chi connectivity index (χ1) is 9.16. The predicted octanol–water partition coefficient (Wildman–Crippen LogP) is 5.34. The fourth-order valence-electron chi connectivity index (χ4n) is 1.53.